The van der Waals surface area contributed by atoms with E-state index in [1.807, 2.05) is 0 Å². The lowest BCUT2D eigenvalue weighted by Crippen LogP contribution is -2.37. The summed E-state index contributed by atoms with van der Waals surface area (Å²) in [6.45, 7) is 2.45. The van der Waals surface area contributed by atoms with E-state index in [2.05, 4.69) is 0 Å². The minimum atomic E-state index is -0.793. The fourth-order valence-corrected chi connectivity index (χ4v) is 3.64. The van der Waals surface area contributed by atoms with Crippen LogP contribution in [-0.2, 0) is 0 Å². The first-order valence-corrected chi connectivity index (χ1v) is 11.7. The third kappa shape index (κ3) is 6.81. The van der Waals surface area contributed by atoms with Gasteiger partial charge in [0.05, 0.1) is 0 Å². The Morgan fingerprint density at radius 1 is 0.875 bits per heavy atom. The quantitative estimate of drug-likeness (QED) is 0.330. The van der Waals surface area contributed by atoms with Crippen molar-refractivity contribution in [3.63, 3.8) is 0 Å². The molecule has 1 aromatic heterocycles. The number of carbonyl (C=O) groups is 2. The maximum atomic E-state index is 12.8. The zero-order chi connectivity index (χ0) is 23.7. The Morgan fingerprint density at radius 2 is 1.38 bits per heavy atom. The van der Waals surface area contributed by atoms with Crippen LogP contribution in [0.1, 0.15) is 5.56 Å². The number of alkyl halides is 4. The number of fused-ring (bicyclic) bond motifs is 1. The van der Waals surface area contributed by atoms with Crippen molar-refractivity contribution in [1.82, 2.24) is 9.80 Å². The summed E-state index contributed by atoms with van der Waals surface area (Å²) in [4.78, 5) is 40.0. The Hall–Kier alpha value is -1.87. The molecule has 0 aliphatic carbocycles. The number of carbonyl (C=O) groups excluding carboxylic acids is 2. The average molecular weight is 528 g/mol. The lowest BCUT2D eigenvalue weighted by atomic mass is 10.1. The molecule has 2 amide bonds. The summed E-state index contributed by atoms with van der Waals surface area (Å²) >= 11 is 23.0. The van der Waals surface area contributed by atoms with E-state index in [-0.39, 0.29) is 66.8 Å². The van der Waals surface area contributed by atoms with Crippen LogP contribution >= 0.6 is 46.4 Å². The monoisotopic (exact) mass is 526 g/mol. The Labute approximate surface area is 204 Å². The van der Waals surface area contributed by atoms with Crippen molar-refractivity contribution in [3.05, 3.63) is 34.2 Å². The van der Waals surface area contributed by atoms with Gasteiger partial charge in [-0.1, -0.05) is 0 Å². The molecule has 1 heterocycles. The number of nitrogens with zero attached hydrogens (tertiary/aromatic N) is 2. The first kappa shape index (κ1) is 26.4. The standard InChI is InChI=1S/C20H22Cl4N2O6/c1-13-12-16(27)31-17-14(13)2-3-15(30-19(28)25(8-4-21)9-5-22)18(17)32-20(29)26(10-6-23)11-7-24/h2-3,12H,4-11H2,1H3. The number of halogens is 4. The van der Waals surface area contributed by atoms with Crippen LogP contribution in [0.15, 0.2) is 27.4 Å². The minimum Gasteiger partial charge on any atom is -0.419 e. The van der Waals surface area contributed by atoms with Crippen molar-refractivity contribution in [3.8, 4) is 11.5 Å². The van der Waals surface area contributed by atoms with Gasteiger partial charge in [-0.2, -0.15) is 0 Å². The van der Waals surface area contributed by atoms with Crippen LogP contribution in [-0.4, -0.2) is 71.7 Å². The molecule has 1 aromatic carbocycles. The molecule has 0 radical (unpaired) electrons. The molecule has 0 spiro atoms. The molecule has 0 atom stereocenters. The highest BCUT2D eigenvalue weighted by Crippen LogP contribution is 2.37. The number of benzene rings is 1. The van der Waals surface area contributed by atoms with Gasteiger partial charge in [-0.05, 0) is 24.6 Å². The smallest absolute Gasteiger partial charge is 0.415 e. The third-order valence-corrected chi connectivity index (χ3v) is 5.03. The summed E-state index contributed by atoms with van der Waals surface area (Å²) in [6, 6.07) is 4.34. The molecule has 32 heavy (non-hydrogen) atoms. The molecule has 2 aromatic rings. The van der Waals surface area contributed by atoms with Crippen LogP contribution in [0.2, 0.25) is 0 Å². The van der Waals surface area contributed by atoms with Crippen molar-refractivity contribution in [2.75, 3.05) is 49.7 Å². The molecule has 0 bridgehead atoms. The van der Waals surface area contributed by atoms with Gasteiger partial charge in [0.15, 0.2) is 11.3 Å². The molecule has 8 nitrogen and oxygen atoms in total. The zero-order valence-corrected chi connectivity index (χ0v) is 20.3. The second-order valence-electron chi connectivity index (χ2n) is 6.48. The van der Waals surface area contributed by atoms with E-state index in [1.165, 1.54) is 21.9 Å². The third-order valence-electron chi connectivity index (χ3n) is 4.36. The molecule has 0 unspecified atom stereocenters. The SMILES string of the molecule is Cc1cc(=O)oc2c(OC(=O)N(CCCl)CCCl)c(OC(=O)N(CCCl)CCCl)ccc12. The van der Waals surface area contributed by atoms with E-state index in [4.69, 9.17) is 60.3 Å². The van der Waals surface area contributed by atoms with E-state index < -0.39 is 17.8 Å². The molecule has 0 aliphatic rings. The van der Waals surface area contributed by atoms with Crippen LogP contribution < -0.4 is 15.1 Å². The average Bonchev–Trinajstić information content (AvgIpc) is 2.74. The number of aryl methyl sites for hydroxylation is 1. The van der Waals surface area contributed by atoms with Crippen molar-refractivity contribution in [2.45, 2.75) is 6.92 Å². The molecular formula is C20H22Cl4N2O6. The highest BCUT2D eigenvalue weighted by Gasteiger charge is 2.25. The van der Waals surface area contributed by atoms with Gasteiger partial charge in [0.2, 0.25) is 5.75 Å². The Bertz CT molecular complexity index is 988. The summed E-state index contributed by atoms with van der Waals surface area (Å²) in [5.41, 5.74) is -0.0951. The number of hydrogen-bond donors (Lipinski definition) is 0. The van der Waals surface area contributed by atoms with Crippen molar-refractivity contribution in [2.24, 2.45) is 0 Å². The van der Waals surface area contributed by atoms with E-state index in [1.54, 1.807) is 13.0 Å². The summed E-state index contributed by atoms with van der Waals surface area (Å²) in [5.74, 6) is 0.326. The maximum absolute atomic E-state index is 12.8. The summed E-state index contributed by atoms with van der Waals surface area (Å²) in [7, 11) is 0. The van der Waals surface area contributed by atoms with Gasteiger partial charge in [0, 0.05) is 61.2 Å². The second kappa shape index (κ2) is 13.0. The van der Waals surface area contributed by atoms with Crippen LogP contribution in [0.4, 0.5) is 9.59 Å². The van der Waals surface area contributed by atoms with Gasteiger partial charge >= 0.3 is 17.8 Å². The van der Waals surface area contributed by atoms with Gasteiger partial charge < -0.3 is 23.7 Å². The second-order valence-corrected chi connectivity index (χ2v) is 8.00. The van der Waals surface area contributed by atoms with Crippen LogP contribution in [0, 0.1) is 6.92 Å². The number of rotatable bonds is 10. The molecule has 0 N–H and O–H groups in total. The predicted molar refractivity (Wildman–Crippen MR) is 125 cm³/mol. The highest BCUT2D eigenvalue weighted by atomic mass is 35.5. The summed E-state index contributed by atoms with van der Waals surface area (Å²) in [5, 5.41) is 0.506. The number of hydrogen-bond acceptors (Lipinski definition) is 6. The van der Waals surface area contributed by atoms with Crippen LogP contribution in [0.3, 0.4) is 0 Å². The minimum absolute atomic E-state index is 0.0356. The normalized spacial score (nSPS) is 10.8. The fourth-order valence-electron chi connectivity index (χ4n) is 2.83. The Morgan fingerprint density at radius 3 is 1.88 bits per heavy atom. The maximum Gasteiger partial charge on any atom is 0.415 e. The van der Waals surface area contributed by atoms with Gasteiger partial charge in [0.25, 0.3) is 0 Å². The van der Waals surface area contributed by atoms with E-state index in [9.17, 15) is 14.4 Å². The molecule has 0 fully saturated rings. The predicted octanol–water partition coefficient (Wildman–Crippen LogP) is 4.66. The van der Waals surface area contributed by atoms with Gasteiger partial charge in [0.1, 0.15) is 0 Å². The molecule has 176 valence electrons. The lowest BCUT2D eigenvalue weighted by Gasteiger charge is -2.22. The van der Waals surface area contributed by atoms with E-state index in [0.29, 0.717) is 10.9 Å². The first-order valence-electron chi connectivity index (χ1n) is 9.61. The molecule has 12 heteroatoms. The fraction of sp³-hybridized carbons (Fsp3) is 0.450. The zero-order valence-electron chi connectivity index (χ0n) is 17.2. The van der Waals surface area contributed by atoms with Gasteiger partial charge in [-0.15, -0.1) is 46.4 Å². The highest BCUT2D eigenvalue weighted by molar-refractivity contribution is 6.19. The van der Waals surface area contributed by atoms with E-state index >= 15 is 0 Å². The Balaban J connectivity index is 2.52. The van der Waals surface area contributed by atoms with Crippen molar-refractivity contribution >= 4 is 69.6 Å². The largest absolute Gasteiger partial charge is 0.419 e. The molecule has 2 rings (SSSR count). The summed E-state index contributed by atoms with van der Waals surface area (Å²) < 4.78 is 16.3. The molecule has 0 saturated heterocycles. The Kier molecular flexibility index (Phi) is 10.7. The van der Waals surface area contributed by atoms with Crippen LogP contribution in [0.25, 0.3) is 11.0 Å². The van der Waals surface area contributed by atoms with Gasteiger partial charge in [-0.3, -0.25) is 0 Å². The molecule has 0 saturated carbocycles. The number of ether oxygens (including phenoxy) is 2. The molecule has 0 aliphatic heterocycles. The van der Waals surface area contributed by atoms with Gasteiger partial charge in [-0.25, -0.2) is 14.4 Å². The van der Waals surface area contributed by atoms with Crippen LogP contribution in [0.5, 0.6) is 11.5 Å². The topological polar surface area (TPSA) is 89.3 Å². The van der Waals surface area contributed by atoms with Crippen molar-refractivity contribution in [1.29, 1.82) is 0 Å². The lowest BCUT2D eigenvalue weighted by molar-refractivity contribution is 0.147. The van der Waals surface area contributed by atoms with E-state index in [0.717, 1.165) is 0 Å². The first-order chi connectivity index (χ1) is 15.4. The van der Waals surface area contributed by atoms with Crippen molar-refractivity contribution < 1.29 is 23.5 Å². The number of amides is 2. The summed E-state index contributed by atoms with van der Waals surface area (Å²) in [6.07, 6.45) is -1.55. The molecular weight excluding hydrogens is 506 g/mol.